The molecule has 3 N–H and O–H groups in total. The molecule has 0 aliphatic carbocycles. The second-order valence-corrected chi connectivity index (χ2v) is 4.33. The molecule has 2 aromatic rings. The molecule has 0 saturated heterocycles. The Balaban J connectivity index is 2.43. The number of anilines is 1. The first-order valence-corrected chi connectivity index (χ1v) is 4.85. The first-order chi connectivity index (χ1) is 5.75. The summed E-state index contributed by atoms with van der Waals surface area (Å²) in [6.45, 7) is 0. The molecule has 0 spiro atoms. The van der Waals surface area contributed by atoms with Crippen LogP contribution in [0.3, 0.4) is 0 Å². The molecule has 0 radical (unpaired) electrons. The number of thiazole rings is 1. The van der Waals surface area contributed by atoms with Crippen molar-refractivity contribution in [3.63, 3.8) is 0 Å². The summed E-state index contributed by atoms with van der Waals surface area (Å²) in [7, 11) is 0. The van der Waals surface area contributed by atoms with E-state index in [1.54, 1.807) is 6.07 Å². The summed E-state index contributed by atoms with van der Waals surface area (Å²) >= 11 is 4.80. The van der Waals surface area contributed by atoms with Crippen LogP contribution in [-0.2, 0) is 0 Å². The first-order valence-electron chi connectivity index (χ1n) is 3.18. The fourth-order valence-electron chi connectivity index (χ4n) is 0.844. The summed E-state index contributed by atoms with van der Waals surface area (Å²) in [5.74, 6) is 0.481. The van der Waals surface area contributed by atoms with Crippen LogP contribution < -0.4 is 5.73 Å². The van der Waals surface area contributed by atoms with Crippen molar-refractivity contribution in [2.45, 2.75) is 0 Å². The molecular formula is C6H5BrN4S. The molecule has 2 rings (SSSR count). The lowest BCUT2D eigenvalue weighted by Crippen LogP contribution is -1.81. The molecule has 62 valence electrons. The van der Waals surface area contributed by atoms with Gasteiger partial charge in [-0.1, -0.05) is 0 Å². The van der Waals surface area contributed by atoms with Gasteiger partial charge in [-0.25, -0.2) is 4.98 Å². The second-order valence-electron chi connectivity index (χ2n) is 2.19. The predicted molar refractivity (Wildman–Crippen MR) is 51.8 cm³/mol. The third kappa shape index (κ3) is 1.35. The zero-order valence-corrected chi connectivity index (χ0v) is 8.32. The van der Waals surface area contributed by atoms with Gasteiger partial charge in [0, 0.05) is 11.4 Å². The zero-order valence-electron chi connectivity index (χ0n) is 5.91. The Morgan fingerprint density at radius 2 is 2.42 bits per heavy atom. The lowest BCUT2D eigenvalue weighted by Gasteiger charge is -1.84. The molecule has 0 atom stereocenters. The van der Waals surface area contributed by atoms with Gasteiger partial charge in [0.2, 0.25) is 0 Å². The highest BCUT2D eigenvalue weighted by molar-refractivity contribution is 9.11. The van der Waals surface area contributed by atoms with Crippen LogP contribution >= 0.6 is 27.3 Å². The topological polar surface area (TPSA) is 67.6 Å². The van der Waals surface area contributed by atoms with Crippen molar-refractivity contribution < 1.29 is 0 Å². The SMILES string of the molecule is Nc1cc(-c2csc(Br)n2)[nH]n1. The van der Waals surface area contributed by atoms with E-state index in [2.05, 4.69) is 31.1 Å². The Bertz CT molecular complexity index is 355. The lowest BCUT2D eigenvalue weighted by atomic mass is 10.3. The molecule has 2 heterocycles. The largest absolute Gasteiger partial charge is 0.382 e. The summed E-state index contributed by atoms with van der Waals surface area (Å²) in [6, 6.07) is 1.75. The second kappa shape index (κ2) is 2.87. The highest BCUT2D eigenvalue weighted by Crippen LogP contribution is 2.23. The van der Waals surface area contributed by atoms with Gasteiger partial charge >= 0.3 is 0 Å². The van der Waals surface area contributed by atoms with E-state index in [4.69, 9.17) is 5.73 Å². The minimum atomic E-state index is 0.481. The number of nitrogens with zero attached hydrogens (tertiary/aromatic N) is 2. The summed E-state index contributed by atoms with van der Waals surface area (Å²) < 4.78 is 0.852. The minimum absolute atomic E-state index is 0.481. The number of hydrogen-bond donors (Lipinski definition) is 2. The molecule has 6 heteroatoms. The molecule has 0 saturated carbocycles. The number of hydrogen-bond acceptors (Lipinski definition) is 4. The maximum absolute atomic E-state index is 5.44. The van der Waals surface area contributed by atoms with Gasteiger partial charge < -0.3 is 5.73 Å². The Labute approximate surface area is 81.0 Å². The zero-order chi connectivity index (χ0) is 8.55. The van der Waals surface area contributed by atoms with Crippen molar-refractivity contribution in [3.05, 3.63) is 15.4 Å². The van der Waals surface area contributed by atoms with Crippen molar-refractivity contribution in [1.82, 2.24) is 15.2 Å². The van der Waals surface area contributed by atoms with E-state index in [1.165, 1.54) is 11.3 Å². The molecule has 2 aromatic heterocycles. The van der Waals surface area contributed by atoms with E-state index in [9.17, 15) is 0 Å². The number of aromatic amines is 1. The summed E-state index contributed by atoms with van der Waals surface area (Å²) in [5, 5.41) is 8.52. The predicted octanol–water partition coefficient (Wildman–Crippen LogP) is 1.88. The van der Waals surface area contributed by atoms with Gasteiger partial charge in [-0.15, -0.1) is 11.3 Å². The van der Waals surface area contributed by atoms with Gasteiger partial charge in [-0.05, 0) is 15.9 Å². The Kier molecular flexibility index (Phi) is 1.86. The van der Waals surface area contributed by atoms with Crippen LogP contribution in [0.25, 0.3) is 11.4 Å². The molecule has 12 heavy (non-hydrogen) atoms. The standard InChI is InChI=1S/C6H5BrN4S/c7-6-9-4(2-12-6)3-1-5(8)11-10-3/h1-2H,(H3,8,10,11). The van der Waals surface area contributed by atoms with Crippen molar-refractivity contribution in [2.75, 3.05) is 5.73 Å². The Morgan fingerprint density at radius 3 is 2.92 bits per heavy atom. The normalized spacial score (nSPS) is 10.4. The summed E-state index contributed by atoms with van der Waals surface area (Å²) in [4.78, 5) is 4.20. The Morgan fingerprint density at radius 1 is 1.58 bits per heavy atom. The van der Waals surface area contributed by atoms with Crippen LogP contribution in [0.4, 0.5) is 5.82 Å². The van der Waals surface area contributed by atoms with Crippen LogP contribution in [0.5, 0.6) is 0 Å². The molecule has 4 nitrogen and oxygen atoms in total. The van der Waals surface area contributed by atoms with Crippen LogP contribution in [-0.4, -0.2) is 15.2 Å². The van der Waals surface area contributed by atoms with E-state index in [-0.39, 0.29) is 0 Å². The monoisotopic (exact) mass is 244 g/mol. The number of H-pyrrole nitrogens is 1. The van der Waals surface area contributed by atoms with Crippen molar-refractivity contribution in [2.24, 2.45) is 0 Å². The maximum atomic E-state index is 5.44. The third-order valence-corrected chi connectivity index (χ3v) is 2.71. The Hall–Kier alpha value is -0.880. The summed E-state index contributed by atoms with van der Waals surface area (Å²) in [5.41, 5.74) is 7.14. The average molecular weight is 245 g/mol. The van der Waals surface area contributed by atoms with Gasteiger partial charge in [0.05, 0.1) is 5.69 Å². The van der Waals surface area contributed by atoms with Crippen LogP contribution in [0, 0.1) is 0 Å². The minimum Gasteiger partial charge on any atom is -0.382 e. The number of aromatic nitrogens is 3. The fraction of sp³-hybridized carbons (Fsp3) is 0. The number of nitrogens with one attached hydrogen (secondary N) is 1. The highest BCUT2D eigenvalue weighted by Gasteiger charge is 2.04. The number of nitrogen functional groups attached to an aromatic ring is 1. The van der Waals surface area contributed by atoms with E-state index in [0.717, 1.165) is 15.3 Å². The third-order valence-electron chi connectivity index (χ3n) is 1.35. The first kappa shape index (κ1) is 7.75. The molecule has 0 fully saturated rings. The number of nitrogens with two attached hydrogens (primary N) is 1. The number of rotatable bonds is 1. The molecule has 0 aliphatic rings. The van der Waals surface area contributed by atoms with Gasteiger partial charge in [0.15, 0.2) is 3.92 Å². The maximum Gasteiger partial charge on any atom is 0.159 e. The van der Waals surface area contributed by atoms with Gasteiger partial charge in [-0.2, -0.15) is 5.10 Å². The van der Waals surface area contributed by atoms with Crippen molar-refractivity contribution >= 4 is 33.1 Å². The lowest BCUT2D eigenvalue weighted by molar-refractivity contribution is 1.10. The van der Waals surface area contributed by atoms with Crippen LogP contribution in [0.1, 0.15) is 0 Å². The average Bonchev–Trinajstić information content (AvgIpc) is 2.58. The quantitative estimate of drug-likeness (QED) is 0.805. The van der Waals surface area contributed by atoms with Gasteiger partial charge in [-0.3, -0.25) is 5.10 Å². The van der Waals surface area contributed by atoms with Gasteiger partial charge in [0.1, 0.15) is 11.5 Å². The molecular weight excluding hydrogens is 240 g/mol. The smallest absolute Gasteiger partial charge is 0.159 e. The molecule has 0 aliphatic heterocycles. The van der Waals surface area contributed by atoms with Gasteiger partial charge in [0.25, 0.3) is 0 Å². The van der Waals surface area contributed by atoms with Crippen LogP contribution in [0.15, 0.2) is 15.4 Å². The molecule has 0 bridgehead atoms. The van der Waals surface area contributed by atoms with Crippen molar-refractivity contribution in [1.29, 1.82) is 0 Å². The van der Waals surface area contributed by atoms with E-state index in [0.29, 0.717) is 5.82 Å². The highest BCUT2D eigenvalue weighted by atomic mass is 79.9. The van der Waals surface area contributed by atoms with Crippen molar-refractivity contribution in [3.8, 4) is 11.4 Å². The van der Waals surface area contributed by atoms with E-state index in [1.807, 2.05) is 5.38 Å². The molecule has 0 amide bonds. The van der Waals surface area contributed by atoms with E-state index >= 15 is 0 Å². The van der Waals surface area contributed by atoms with E-state index < -0.39 is 0 Å². The summed E-state index contributed by atoms with van der Waals surface area (Å²) in [6.07, 6.45) is 0. The van der Waals surface area contributed by atoms with Crippen LogP contribution in [0.2, 0.25) is 0 Å². The molecule has 0 unspecified atom stereocenters. The molecule has 0 aromatic carbocycles. The number of halogens is 1. The fourth-order valence-corrected chi connectivity index (χ4v) is 1.85.